The normalized spacial score (nSPS) is 36.7. The van der Waals surface area contributed by atoms with Gasteiger partial charge in [0.05, 0.1) is 18.1 Å². The van der Waals surface area contributed by atoms with Gasteiger partial charge in [-0.1, -0.05) is 33.1 Å². The quantitative estimate of drug-likeness (QED) is 0.723. The van der Waals surface area contributed by atoms with E-state index in [9.17, 15) is 4.57 Å². The Kier molecular flexibility index (Phi) is 4.07. The van der Waals surface area contributed by atoms with Crippen LogP contribution in [0.15, 0.2) is 0 Å². The lowest BCUT2D eigenvalue weighted by atomic mass is 9.88. The van der Waals surface area contributed by atoms with E-state index in [2.05, 4.69) is 33.0 Å². The highest BCUT2D eigenvalue weighted by Gasteiger charge is 2.60. The molecule has 4 nitrogen and oxygen atoms in total. The minimum Gasteiger partial charge on any atom is -0.307 e. The second-order valence-corrected chi connectivity index (χ2v) is 12.2. The highest BCUT2D eigenvalue weighted by atomic mass is 32.2. The highest BCUT2D eigenvalue weighted by molar-refractivity contribution is 8.02. The summed E-state index contributed by atoms with van der Waals surface area (Å²) in [6, 6.07) is 0. The number of thioether (sulfide) groups is 1. The van der Waals surface area contributed by atoms with Gasteiger partial charge in [-0.05, 0) is 26.7 Å². The van der Waals surface area contributed by atoms with Gasteiger partial charge in [-0.3, -0.25) is 9.88 Å². The summed E-state index contributed by atoms with van der Waals surface area (Å²) in [4.78, 5) is -0.0703. The van der Waals surface area contributed by atoms with Crippen molar-refractivity contribution in [1.29, 1.82) is 0 Å². The van der Waals surface area contributed by atoms with Crippen LogP contribution in [0.25, 0.3) is 0 Å². The van der Waals surface area contributed by atoms with E-state index < -0.39 is 7.60 Å². The van der Waals surface area contributed by atoms with Crippen LogP contribution in [0.2, 0.25) is 0 Å². The zero-order valence-corrected chi connectivity index (χ0v) is 15.3. The first kappa shape index (κ1) is 16.3. The van der Waals surface area contributed by atoms with Crippen LogP contribution in [-0.2, 0) is 13.6 Å². The third kappa shape index (κ3) is 3.10. The van der Waals surface area contributed by atoms with Gasteiger partial charge in [0.1, 0.15) is 5.78 Å². The van der Waals surface area contributed by atoms with Crippen LogP contribution in [-0.4, -0.2) is 28.6 Å². The molecular weight excluding hydrogens is 305 g/mol. The minimum absolute atomic E-state index is 0.0127. The third-order valence-electron chi connectivity index (χ3n) is 4.73. The van der Waals surface area contributed by atoms with Crippen molar-refractivity contribution in [3.8, 4) is 0 Å². The van der Waals surface area contributed by atoms with E-state index in [0.29, 0.717) is 13.2 Å². The summed E-state index contributed by atoms with van der Waals surface area (Å²) in [5.41, 5.74) is -0.0467. The number of rotatable bonds is 1. The molecule has 2 heterocycles. The van der Waals surface area contributed by atoms with Crippen molar-refractivity contribution in [3.05, 3.63) is 0 Å². The lowest BCUT2D eigenvalue weighted by molar-refractivity contribution is 0.0341. The summed E-state index contributed by atoms with van der Waals surface area (Å²) < 4.78 is 25.1. The van der Waals surface area contributed by atoms with Crippen molar-refractivity contribution in [1.82, 2.24) is 5.32 Å². The molecule has 122 valence electrons. The average Bonchev–Trinajstić information content (AvgIpc) is 2.66. The molecule has 3 fully saturated rings. The van der Waals surface area contributed by atoms with Crippen LogP contribution >= 0.6 is 19.4 Å². The van der Waals surface area contributed by atoms with Crippen LogP contribution in [0, 0.1) is 5.41 Å². The molecule has 1 saturated carbocycles. The van der Waals surface area contributed by atoms with E-state index in [0.717, 1.165) is 12.8 Å². The molecular formula is C15H28NO3PS. The molecule has 0 amide bonds. The maximum absolute atomic E-state index is 13.4. The lowest BCUT2D eigenvalue weighted by Gasteiger charge is -2.43. The van der Waals surface area contributed by atoms with E-state index in [4.69, 9.17) is 9.05 Å². The van der Waals surface area contributed by atoms with Crippen LogP contribution in [0.5, 0.6) is 0 Å². The fourth-order valence-electron chi connectivity index (χ4n) is 3.70. The second-order valence-electron chi connectivity index (χ2n) is 8.04. The van der Waals surface area contributed by atoms with Gasteiger partial charge in [-0.15, -0.1) is 11.8 Å². The molecule has 0 bridgehead atoms. The Labute approximate surface area is 132 Å². The summed E-state index contributed by atoms with van der Waals surface area (Å²) in [6.07, 6.45) is 5.94. The number of nitrogens with one attached hydrogen (secondary N) is 1. The SMILES string of the molecule is CC1(C)COP(=O)(C2NC(C)(C)SC23CCCCC3)OC1. The van der Waals surface area contributed by atoms with Gasteiger partial charge in [0.2, 0.25) is 0 Å². The molecule has 6 heteroatoms. The molecule has 2 saturated heterocycles. The second kappa shape index (κ2) is 5.24. The predicted molar refractivity (Wildman–Crippen MR) is 87.7 cm³/mol. The fourth-order valence-corrected chi connectivity index (χ4v) is 8.94. The molecule has 1 spiro atoms. The van der Waals surface area contributed by atoms with Crippen molar-refractivity contribution in [2.24, 2.45) is 5.41 Å². The van der Waals surface area contributed by atoms with Crippen molar-refractivity contribution in [2.75, 3.05) is 13.2 Å². The Balaban J connectivity index is 1.87. The Morgan fingerprint density at radius 2 is 1.62 bits per heavy atom. The molecule has 3 aliphatic rings. The Bertz CT molecular complexity index is 446. The Hall–Kier alpha value is 0.460. The van der Waals surface area contributed by atoms with E-state index in [1.807, 2.05) is 11.8 Å². The minimum atomic E-state index is -3.09. The first-order valence-corrected chi connectivity index (χ1v) is 10.5. The van der Waals surface area contributed by atoms with Crippen LogP contribution in [0.1, 0.15) is 59.8 Å². The summed E-state index contributed by atoms with van der Waals surface area (Å²) >= 11 is 1.95. The average molecular weight is 333 g/mol. The lowest BCUT2D eigenvalue weighted by Crippen LogP contribution is -2.47. The topological polar surface area (TPSA) is 47.6 Å². The maximum atomic E-state index is 13.4. The standard InChI is InChI=1S/C15H28NO3PS/c1-13(2)10-18-20(17,19-11-13)12-15(8-6-5-7-9-15)21-14(3,4)16-12/h12,16H,5-11H2,1-4H3. The van der Waals surface area contributed by atoms with Gasteiger partial charge in [-0.2, -0.15) is 0 Å². The Morgan fingerprint density at radius 1 is 1.05 bits per heavy atom. The monoisotopic (exact) mass is 333 g/mol. The van der Waals surface area contributed by atoms with Gasteiger partial charge in [0, 0.05) is 10.2 Å². The molecule has 1 unspecified atom stereocenters. The molecule has 1 atom stereocenters. The third-order valence-corrected chi connectivity index (χ3v) is 8.81. The van der Waals surface area contributed by atoms with Crippen LogP contribution in [0.3, 0.4) is 0 Å². The summed E-state index contributed by atoms with van der Waals surface area (Å²) in [6.45, 7) is 9.57. The maximum Gasteiger partial charge on any atom is 0.348 e. The van der Waals surface area contributed by atoms with Crippen LogP contribution in [0.4, 0.5) is 0 Å². The number of hydrogen-bond acceptors (Lipinski definition) is 5. The van der Waals surface area contributed by atoms with Gasteiger partial charge >= 0.3 is 7.60 Å². The van der Waals surface area contributed by atoms with Crippen molar-refractivity contribution >= 4 is 19.4 Å². The van der Waals surface area contributed by atoms with Crippen LogP contribution < -0.4 is 5.32 Å². The molecule has 1 aliphatic carbocycles. The van der Waals surface area contributed by atoms with E-state index in [-0.39, 0.29) is 20.8 Å². The van der Waals surface area contributed by atoms with Gasteiger partial charge in [-0.25, -0.2) is 0 Å². The molecule has 2 aliphatic heterocycles. The van der Waals surface area contributed by atoms with Gasteiger partial charge in [0.25, 0.3) is 0 Å². The number of hydrogen-bond donors (Lipinski definition) is 1. The summed E-state index contributed by atoms with van der Waals surface area (Å²) in [5.74, 6) is -0.165. The first-order valence-electron chi connectivity index (χ1n) is 8.03. The zero-order valence-electron chi connectivity index (χ0n) is 13.6. The molecule has 0 radical (unpaired) electrons. The zero-order chi connectivity index (χ0) is 15.4. The van der Waals surface area contributed by atoms with Gasteiger partial charge < -0.3 is 9.05 Å². The highest BCUT2D eigenvalue weighted by Crippen LogP contribution is 2.68. The van der Waals surface area contributed by atoms with Crippen molar-refractivity contribution in [3.63, 3.8) is 0 Å². The van der Waals surface area contributed by atoms with Crippen molar-refractivity contribution in [2.45, 2.75) is 75.2 Å². The molecule has 21 heavy (non-hydrogen) atoms. The van der Waals surface area contributed by atoms with Gasteiger partial charge in [0.15, 0.2) is 0 Å². The Morgan fingerprint density at radius 3 is 2.19 bits per heavy atom. The largest absolute Gasteiger partial charge is 0.348 e. The summed E-state index contributed by atoms with van der Waals surface area (Å²) in [5, 5.41) is 3.58. The first-order chi connectivity index (χ1) is 9.67. The summed E-state index contributed by atoms with van der Waals surface area (Å²) in [7, 11) is -3.09. The van der Waals surface area contributed by atoms with E-state index >= 15 is 0 Å². The smallest absolute Gasteiger partial charge is 0.307 e. The molecule has 3 rings (SSSR count). The molecule has 0 aromatic heterocycles. The van der Waals surface area contributed by atoms with Crippen molar-refractivity contribution < 1.29 is 13.6 Å². The van der Waals surface area contributed by atoms with E-state index in [1.54, 1.807) is 0 Å². The fraction of sp³-hybridized carbons (Fsp3) is 1.00. The molecule has 1 N–H and O–H groups in total. The molecule has 0 aromatic rings. The van der Waals surface area contributed by atoms with E-state index in [1.165, 1.54) is 19.3 Å². The molecule has 0 aromatic carbocycles. The predicted octanol–water partition coefficient (Wildman–Crippen LogP) is 4.35.